The Kier molecular flexibility index (Phi) is 6.00. The summed E-state index contributed by atoms with van der Waals surface area (Å²) in [7, 11) is 0. The minimum Gasteiger partial charge on any atom is -0.328 e. The molecule has 0 fully saturated rings. The molecule has 0 saturated heterocycles. The number of carbonyl (C=O) groups excluding carboxylic acids is 1. The van der Waals surface area contributed by atoms with Crippen molar-refractivity contribution in [1.29, 1.82) is 0 Å². The summed E-state index contributed by atoms with van der Waals surface area (Å²) < 4.78 is 13.1. The van der Waals surface area contributed by atoms with Crippen molar-refractivity contribution in [2.75, 3.05) is 11.9 Å². The van der Waals surface area contributed by atoms with Gasteiger partial charge in [-0.3, -0.25) is 4.79 Å². The number of rotatable bonds is 6. The Labute approximate surface area is 156 Å². The van der Waals surface area contributed by atoms with Crippen LogP contribution in [0.4, 0.5) is 10.1 Å². The van der Waals surface area contributed by atoms with Crippen LogP contribution >= 0.6 is 11.6 Å². The maximum Gasteiger partial charge on any atom is 0.279 e. The van der Waals surface area contributed by atoms with E-state index in [-0.39, 0.29) is 23.5 Å². The molecule has 0 aliphatic rings. The van der Waals surface area contributed by atoms with E-state index in [1.807, 2.05) is 66.0 Å². The SMILES string of the molecule is O=C(C[NH2+]C(c1ccccc1)c1ccccc1)Nc1ccc(F)cc1Cl. The minimum absolute atomic E-state index is 0.00633. The van der Waals surface area contributed by atoms with Crippen molar-refractivity contribution in [3.63, 3.8) is 0 Å². The summed E-state index contributed by atoms with van der Waals surface area (Å²) in [5, 5.41) is 4.88. The average molecular weight is 370 g/mol. The van der Waals surface area contributed by atoms with Gasteiger partial charge in [-0.1, -0.05) is 72.3 Å². The first kappa shape index (κ1) is 18.1. The molecule has 0 saturated carbocycles. The Morgan fingerprint density at radius 2 is 1.54 bits per heavy atom. The van der Waals surface area contributed by atoms with E-state index in [2.05, 4.69) is 5.32 Å². The summed E-state index contributed by atoms with van der Waals surface area (Å²) >= 11 is 5.96. The molecule has 3 N–H and O–H groups in total. The number of nitrogens with one attached hydrogen (secondary N) is 1. The van der Waals surface area contributed by atoms with Crippen LogP contribution in [0.3, 0.4) is 0 Å². The van der Waals surface area contributed by atoms with Crippen molar-refractivity contribution >= 4 is 23.2 Å². The fraction of sp³-hybridized carbons (Fsp3) is 0.0952. The predicted molar refractivity (Wildman–Crippen MR) is 102 cm³/mol. The summed E-state index contributed by atoms with van der Waals surface area (Å²) in [5.74, 6) is -0.636. The van der Waals surface area contributed by atoms with Gasteiger partial charge in [0, 0.05) is 11.1 Å². The molecule has 26 heavy (non-hydrogen) atoms. The first-order valence-electron chi connectivity index (χ1n) is 8.31. The molecule has 0 heterocycles. The van der Waals surface area contributed by atoms with E-state index < -0.39 is 5.82 Å². The van der Waals surface area contributed by atoms with Crippen molar-refractivity contribution in [2.24, 2.45) is 0 Å². The zero-order chi connectivity index (χ0) is 18.4. The Morgan fingerprint density at radius 1 is 0.962 bits per heavy atom. The number of anilines is 1. The minimum atomic E-state index is -0.437. The zero-order valence-electron chi connectivity index (χ0n) is 14.0. The summed E-state index contributed by atoms with van der Waals surface area (Å²) in [4.78, 5) is 12.3. The molecule has 1 amide bonds. The van der Waals surface area contributed by atoms with Gasteiger partial charge in [0.05, 0.1) is 10.7 Å². The molecule has 0 atom stereocenters. The van der Waals surface area contributed by atoms with Gasteiger partial charge >= 0.3 is 0 Å². The van der Waals surface area contributed by atoms with E-state index in [1.165, 1.54) is 18.2 Å². The molecule has 0 spiro atoms. The molecule has 132 valence electrons. The maximum atomic E-state index is 13.1. The zero-order valence-corrected chi connectivity index (χ0v) is 14.8. The predicted octanol–water partition coefficient (Wildman–Crippen LogP) is 3.77. The number of hydrogen-bond acceptors (Lipinski definition) is 1. The molecule has 5 heteroatoms. The third-order valence-corrected chi connectivity index (χ3v) is 4.37. The van der Waals surface area contributed by atoms with Gasteiger partial charge in [-0.05, 0) is 18.2 Å². The molecular weight excluding hydrogens is 351 g/mol. The standard InChI is InChI=1S/C21H18ClFN2O/c22-18-13-17(23)11-12-19(18)25-20(26)14-24-21(15-7-3-1-4-8-15)16-9-5-2-6-10-16/h1-13,21,24H,14H2,(H,25,26)/p+1. The molecule has 0 unspecified atom stereocenters. The maximum absolute atomic E-state index is 13.1. The molecule has 0 aromatic heterocycles. The van der Waals surface area contributed by atoms with Crippen LogP contribution in [0.25, 0.3) is 0 Å². The van der Waals surface area contributed by atoms with Crippen molar-refractivity contribution < 1.29 is 14.5 Å². The summed E-state index contributed by atoms with van der Waals surface area (Å²) in [6.07, 6.45) is 0. The van der Waals surface area contributed by atoms with E-state index in [9.17, 15) is 9.18 Å². The number of halogens is 2. The van der Waals surface area contributed by atoms with Gasteiger partial charge in [0.25, 0.3) is 5.91 Å². The van der Waals surface area contributed by atoms with E-state index in [1.54, 1.807) is 0 Å². The van der Waals surface area contributed by atoms with Gasteiger partial charge < -0.3 is 10.6 Å². The molecule has 3 aromatic rings. The van der Waals surface area contributed by atoms with Crippen LogP contribution in [0.2, 0.25) is 5.02 Å². The van der Waals surface area contributed by atoms with E-state index in [0.29, 0.717) is 5.69 Å². The lowest BCUT2D eigenvalue weighted by Crippen LogP contribution is -2.87. The normalized spacial score (nSPS) is 10.7. The third-order valence-electron chi connectivity index (χ3n) is 4.06. The van der Waals surface area contributed by atoms with Crippen molar-refractivity contribution in [3.05, 3.63) is 101 Å². The van der Waals surface area contributed by atoms with Gasteiger partial charge in [-0.25, -0.2) is 4.39 Å². The van der Waals surface area contributed by atoms with Crippen molar-refractivity contribution in [2.45, 2.75) is 6.04 Å². The fourth-order valence-electron chi connectivity index (χ4n) is 2.80. The number of hydrogen-bond donors (Lipinski definition) is 2. The number of carbonyl (C=O) groups is 1. The first-order chi connectivity index (χ1) is 12.6. The lowest BCUT2D eigenvalue weighted by Gasteiger charge is -2.16. The Morgan fingerprint density at radius 3 is 2.08 bits per heavy atom. The highest BCUT2D eigenvalue weighted by molar-refractivity contribution is 6.33. The van der Waals surface area contributed by atoms with Crippen LogP contribution in [-0.4, -0.2) is 12.5 Å². The number of amides is 1. The quantitative estimate of drug-likeness (QED) is 0.682. The summed E-state index contributed by atoms with van der Waals surface area (Å²) in [6, 6.07) is 24.0. The lowest BCUT2D eigenvalue weighted by molar-refractivity contribution is -0.676. The molecule has 0 aliphatic carbocycles. The number of nitrogens with two attached hydrogens (primary N) is 1. The van der Waals surface area contributed by atoms with Gasteiger partial charge in [0.2, 0.25) is 0 Å². The second kappa shape index (κ2) is 8.61. The topological polar surface area (TPSA) is 45.7 Å². The average Bonchev–Trinajstić information content (AvgIpc) is 2.66. The Hall–Kier alpha value is -2.69. The van der Waals surface area contributed by atoms with Crippen LogP contribution in [0.1, 0.15) is 17.2 Å². The molecule has 0 bridgehead atoms. The largest absolute Gasteiger partial charge is 0.328 e. The Bertz CT molecular complexity index is 832. The van der Waals surface area contributed by atoms with Crippen LogP contribution in [-0.2, 0) is 4.79 Å². The summed E-state index contributed by atoms with van der Waals surface area (Å²) in [6.45, 7) is 0.210. The molecule has 0 aliphatic heterocycles. The van der Waals surface area contributed by atoms with Crippen LogP contribution in [0, 0.1) is 5.82 Å². The first-order valence-corrected chi connectivity index (χ1v) is 8.69. The van der Waals surface area contributed by atoms with E-state index >= 15 is 0 Å². The summed E-state index contributed by atoms with van der Waals surface area (Å²) in [5.41, 5.74) is 2.64. The van der Waals surface area contributed by atoms with Crippen molar-refractivity contribution in [3.8, 4) is 0 Å². The highest BCUT2D eigenvalue weighted by Crippen LogP contribution is 2.22. The molecular formula is C21H19ClFN2O+. The van der Waals surface area contributed by atoms with Crippen LogP contribution < -0.4 is 10.6 Å². The molecule has 3 rings (SSSR count). The highest BCUT2D eigenvalue weighted by Gasteiger charge is 2.19. The molecule has 3 nitrogen and oxygen atoms in total. The number of quaternary nitrogens is 1. The second-order valence-electron chi connectivity index (χ2n) is 5.91. The molecule has 3 aromatic carbocycles. The van der Waals surface area contributed by atoms with Gasteiger partial charge in [0.1, 0.15) is 11.9 Å². The van der Waals surface area contributed by atoms with Gasteiger partial charge in [-0.2, -0.15) is 0 Å². The third kappa shape index (κ3) is 4.69. The van der Waals surface area contributed by atoms with E-state index in [4.69, 9.17) is 11.6 Å². The van der Waals surface area contributed by atoms with Gasteiger partial charge in [-0.15, -0.1) is 0 Å². The van der Waals surface area contributed by atoms with Crippen LogP contribution in [0.15, 0.2) is 78.9 Å². The number of benzene rings is 3. The Balaban J connectivity index is 1.71. The second-order valence-corrected chi connectivity index (χ2v) is 6.32. The van der Waals surface area contributed by atoms with Crippen molar-refractivity contribution in [1.82, 2.24) is 0 Å². The monoisotopic (exact) mass is 369 g/mol. The van der Waals surface area contributed by atoms with E-state index in [0.717, 1.165) is 11.1 Å². The smallest absolute Gasteiger partial charge is 0.279 e. The lowest BCUT2D eigenvalue weighted by atomic mass is 9.99. The van der Waals surface area contributed by atoms with Gasteiger partial charge in [0.15, 0.2) is 6.54 Å². The molecule has 0 radical (unpaired) electrons. The highest BCUT2D eigenvalue weighted by atomic mass is 35.5. The fourth-order valence-corrected chi connectivity index (χ4v) is 3.02. The van der Waals surface area contributed by atoms with Crippen LogP contribution in [0.5, 0.6) is 0 Å².